The quantitative estimate of drug-likeness (QED) is 0.851. The summed E-state index contributed by atoms with van der Waals surface area (Å²) in [7, 11) is 1.97. The minimum absolute atomic E-state index is 0.126. The lowest BCUT2D eigenvalue weighted by Gasteiger charge is -2.17. The molecule has 0 amide bonds. The van der Waals surface area contributed by atoms with Gasteiger partial charge in [0.25, 0.3) is 0 Å². The van der Waals surface area contributed by atoms with Gasteiger partial charge in [-0.25, -0.2) is 4.98 Å². The molecule has 1 saturated heterocycles. The standard InChI is InChI=1S/C11H15F3N4/c1-18-3-2-7(6-18)17-9-4-10(11(12,13)14)16-5-8(9)15/h4-5,7H,2-3,6,15H2,1H3,(H,16,17). The van der Waals surface area contributed by atoms with Crippen LogP contribution in [0.25, 0.3) is 0 Å². The number of hydrogen-bond donors (Lipinski definition) is 2. The van der Waals surface area contributed by atoms with E-state index in [0.717, 1.165) is 31.8 Å². The average molecular weight is 260 g/mol. The van der Waals surface area contributed by atoms with E-state index in [4.69, 9.17) is 5.73 Å². The van der Waals surface area contributed by atoms with Gasteiger partial charge in [-0.1, -0.05) is 0 Å². The Bertz CT molecular complexity index is 433. The number of likely N-dealkylation sites (N-methyl/N-ethyl adjacent to an activating group) is 1. The first-order valence-electron chi connectivity index (χ1n) is 5.64. The van der Waals surface area contributed by atoms with Gasteiger partial charge in [-0.05, 0) is 26.1 Å². The number of rotatable bonds is 2. The molecule has 3 N–H and O–H groups in total. The van der Waals surface area contributed by atoms with Gasteiger partial charge in [0.05, 0.1) is 17.6 Å². The first kappa shape index (κ1) is 12.9. The van der Waals surface area contributed by atoms with Crippen LogP contribution in [-0.4, -0.2) is 36.1 Å². The normalized spacial score (nSPS) is 21.2. The number of nitrogens with one attached hydrogen (secondary N) is 1. The third-order valence-corrected chi connectivity index (χ3v) is 2.98. The van der Waals surface area contributed by atoms with Gasteiger partial charge in [0.15, 0.2) is 0 Å². The van der Waals surface area contributed by atoms with Crippen molar-refractivity contribution in [2.45, 2.75) is 18.6 Å². The molecule has 0 aromatic carbocycles. The third kappa shape index (κ3) is 2.84. The van der Waals surface area contributed by atoms with Crippen LogP contribution in [0.5, 0.6) is 0 Å². The van der Waals surface area contributed by atoms with Gasteiger partial charge in [-0.2, -0.15) is 13.2 Å². The van der Waals surface area contributed by atoms with Gasteiger partial charge < -0.3 is 16.0 Å². The van der Waals surface area contributed by atoms with Crippen LogP contribution in [0.3, 0.4) is 0 Å². The first-order chi connectivity index (χ1) is 8.36. The summed E-state index contributed by atoms with van der Waals surface area (Å²) >= 11 is 0. The van der Waals surface area contributed by atoms with E-state index in [9.17, 15) is 13.2 Å². The van der Waals surface area contributed by atoms with Crippen molar-refractivity contribution < 1.29 is 13.2 Å². The molecule has 0 spiro atoms. The van der Waals surface area contributed by atoms with Crippen molar-refractivity contribution in [2.75, 3.05) is 31.2 Å². The molecular formula is C11H15F3N4. The van der Waals surface area contributed by atoms with Crippen LogP contribution in [0.2, 0.25) is 0 Å². The fourth-order valence-corrected chi connectivity index (χ4v) is 2.02. The predicted molar refractivity (Wildman–Crippen MR) is 63.2 cm³/mol. The Kier molecular flexibility index (Phi) is 3.34. The van der Waals surface area contributed by atoms with Gasteiger partial charge in [-0.15, -0.1) is 0 Å². The number of anilines is 2. The molecule has 100 valence electrons. The number of nitrogens with zero attached hydrogens (tertiary/aromatic N) is 2. The van der Waals surface area contributed by atoms with Gasteiger partial charge in [-0.3, -0.25) is 0 Å². The van der Waals surface area contributed by atoms with Crippen LogP contribution in [0.4, 0.5) is 24.5 Å². The Morgan fingerprint density at radius 3 is 2.78 bits per heavy atom. The van der Waals surface area contributed by atoms with Crippen molar-refractivity contribution in [3.05, 3.63) is 18.0 Å². The maximum atomic E-state index is 12.5. The highest BCUT2D eigenvalue weighted by molar-refractivity contribution is 5.66. The number of pyridine rings is 1. The van der Waals surface area contributed by atoms with Gasteiger partial charge >= 0.3 is 6.18 Å². The lowest BCUT2D eigenvalue weighted by atomic mass is 10.2. The average Bonchev–Trinajstić information content (AvgIpc) is 2.66. The Morgan fingerprint density at radius 1 is 1.50 bits per heavy atom. The molecule has 1 aromatic rings. The summed E-state index contributed by atoms with van der Waals surface area (Å²) in [6.07, 6.45) is -2.51. The van der Waals surface area contributed by atoms with Crippen molar-refractivity contribution in [1.29, 1.82) is 0 Å². The molecule has 1 unspecified atom stereocenters. The summed E-state index contributed by atoms with van der Waals surface area (Å²) in [5.41, 5.74) is 5.25. The minimum atomic E-state index is -4.45. The summed E-state index contributed by atoms with van der Waals surface area (Å²) in [6.45, 7) is 1.72. The van der Waals surface area contributed by atoms with Crippen LogP contribution in [-0.2, 0) is 6.18 Å². The summed E-state index contributed by atoms with van der Waals surface area (Å²) in [6, 6.07) is 1.09. The van der Waals surface area contributed by atoms with E-state index in [0.29, 0.717) is 5.69 Å². The second kappa shape index (κ2) is 4.64. The monoisotopic (exact) mass is 260 g/mol. The van der Waals surface area contributed by atoms with E-state index in [1.54, 1.807) is 0 Å². The van der Waals surface area contributed by atoms with Gasteiger partial charge in [0.2, 0.25) is 0 Å². The number of nitrogens with two attached hydrogens (primary N) is 1. The summed E-state index contributed by atoms with van der Waals surface area (Å²) in [5, 5.41) is 3.05. The first-order valence-corrected chi connectivity index (χ1v) is 5.64. The molecule has 1 fully saturated rings. The molecule has 0 radical (unpaired) electrons. The fraction of sp³-hybridized carbons (Fsp3) is 0.545. The lowest BCUT2D eigenvalue weighted by Crippen LogP contribution is -2.24. The Balaban J connectivity index is 2.16. The Labute approximate surface area is 103 Å². The lowest BCUT2D eigenvalue weighted by molar-refractivity contribution is -0.141. The molecular weight excluding hydrogens is 245 g/mol. The molecule has 4 nitrogen and oxygen atoms in total. The zero-order valence-corrected chi connectivity index (χ0v) is 9.96. The van der Waals surface area contributed by atoms with E-state index in [2.05, 4.69) is 15.2 Å². The number of nitrogen functional groups attached to an aromatic ring is 1. The summed E-state index contributed by atoms with van der Waals surface area (Å²) in [5.74, 6) is 0. The highest BCUT2D eigenvalue weighted by Gasteiger charge is 2.33. The zero-order valence-electron chi connectivity index (χ0n) is 9.96. The smallest absolute Gasteiger partial charge is 0.396 e. The molecule has 0 saturated carbocycles. The number of hydrogen-bond acceptors (Lipinski definition) is 4. The van der Waals surface area contributed by atoms with E-state index in [-0.39, 0.29) is 11.7 Å². The molecule has 2 heterocycles. The topological polar surface area (TPSA) is 54.2 Å². The predicted octanol–water partition coefficient (Wildman–Crippen LogP) is 1.80. The molecule has 1 aromatic heterocycles. The van der Waals surface area contributed by atoms with Crippen LogP contribution >= 0.6 is 0 Å². The maximum Gasteiger partial charge on any atom is 0.433 e. The fourth-order valence-electron chi connectivity index (χ4n) is 2.02. The largest absolute Gasteiger partial charge is 0.433 e. The van der Waals surface area contributed by atoms with E-state index < -0.39 is 11.9 Å². The number of halogens is 3. The van der Waals surface area contributed by atoms with Crippen molar-refractivity contribution in [1.82, 2.24) is 9.88 Å². The van der Waals surface area contributed by atoms with E-state index in [1.807, 2.05) is 7.05 Å². The van der Waals surface area contributed by atoms with Crippen LogP contribution in [0, 0.1) is 0 Å². The van der Waals surface area contributed by atoms with Crippen molar-refractivity contribution in [3.8, 4) is 0 Å². The SMILES string of the molecule is CN1CCC(Nc2cc(C(F)(F)F)ncc2N)C1. The number of aromatic nitrogens is 1. The van der Waals surface area contributed by atoms with E-state index >= 15 is 0 Å². The molecule has 18 heavy (non-hydrogen) atoms. The molecule has 1 aliphatic rings. The van der Waals surface area contributed by atoms with Crippen molar-refractivity contribution in [2.24, 2.45) is 0 Å². The number of likely N-dealkylation sites (tertiary alicyclic amines) is 1. The summed E-state index contributed by atoms with van der Waals surface area (Å²) < 4.78 is 37.6. The molecule has 0 bridgehead atoms. The maximum absolute atomic E-state index is 12.5. The Morgan fingerprint density at radius 2 is 2.22 bits per heavy atom. The Hall–Kier alpha value is -1.50. The number of alkyl halides is 3. The van der Waals surface area contributed by atoms with Crippen molar-refractivity contribution >= 4 is 11.4 Å². The van der Waals surface area contributed by atoms with E-state index in [1.165, 1.54) is 0 Å². The third-order valence-electron chi connectivity index (χ3n) is 2.98. The highest BCUT2D eigenvalue weighted by atomic mass is 19.4. The van der Waals surface area contributed by atoms with Gasteiger partial charge in [0.1, 0.15) is 5.69 Å². The van der Waals surface area contributed by atoms with Crippen LogP contribution < -0.4 is 11.1 Å². The van der Waals surface area contributed by atoms with Gasteiger partial charge in [0, 0.05) is 12.6 Å². The molecule has 1 aliphatic heterocycles. The highest BCUT2D eigenvalue weighted by Crippen LogP contribution is 2.31. The molecule has 2 rings (SSSR count). The molecule has 7 heteroatoms. The second-order valence-electron chi connectivity index (χ2n) is 4.55. The minimum Gasteiger partial charge on any atom is -0.396 e. The molecule has 1 atom stereocenters. The summed E-state index contributed by atoms with van der Waals surface area (Å²) in [4.78, 5) is 5.41. The van der Waals surface area contributed by atoms with Crippen molar-refractivity contribution in [3.63, 3.8) is 0 Å². The van der Waals surface area contributed by atoms with Crippen LogP contribution in [0.15, 0.2) is 12.3 Å². The second-order valence-corrected chi connectivity index (χ2v) is 4.55. The van der Waals surface area contributed by atoms with Crippen LogP contribution in [0.1, 0.15) is 12.1 Å². The molecule has 0 aliphatic carbocycles. The zero-order chi connectivity index (χ0) is 13.3.